The molecule has 0 unspecified atom stereocenters. The summed E-state index contributed by atoms with van der Waals surface area (Å²) in [6.45, 7) is 5.39. The number of ether oxygens (including phenoxy) is 2. The number of hydrogen-bond donors (Lipinski definition) is 1. The summed E-state index contributed by atoms with van der Waals surface area (Å²) in [7, 11) is 1.72. The predicted molar refractivity (Wildman–Crippen MR) is 67.6 cm³/mol. The number of methoxy groups -OCH3 is 1. The Labute approximate surface area is 106 Å². The molecular formula is C12H18N2O2S. The van der Waals surface area contributed by atoms with E-state index in [1.54, 1.807) is 7.11 Å². The molecule has 5 heteroatoms. The summed E-state index contributed by atoms with van der Waals surface area (Å²) in [6.07, 6.45) is 1.62. The number of H-pyrrole nitrogens is 1. The standard InChI is InChI=1S/C12H18N2O2S/c1-8-9(2)13-11(14-10(8)17)12(15-3)4-6-16-7-5-12/h4-7H2,1-3H3,(H,13,14,17). The Morgan fingerprint density at radius 2 is 2.00 bits per heavy atom. The van der Waals surface area contributed by atoms with Gasteiger partial charge in [-0.05, 0) is 13.8 Å². The highest BCUT2D eigenvalue weighted by atomic mass is 32.1. The predicted octanol–water partition coefficient (Wildman–Crippen LogP) is 2.41. The number of nitrogens with zero attached hydrogens (tertiary/aromatic N) is 1. The zero-order valence-electron chi connectivity index (χ0n) is 10.5. The Morgan fingerprint density at radius 3 is 2.53 bits per heavy atom. The Balaban J connectivity index is 2.47. The number of aromatic amines is 1. The average Bonchev–Trinajstić information content (AvgIpc) is 2.36. The minimum Gasteiger partial charge on any atom is -0.381 e. The summed E-state index contributed by atoms with van der Waals surface area (Å²) in [5.41, 5.74) is 1.72. The first kappa shape index (κ1) is 12.7. The largest absolute Gasteiger partial charge is 0.381 e. The normalized spacial score (nSPS) is 19.2. The second-order valence-corrected chi connectivity index (χ2v) is 4.84. The summed E-state index contributed by atoms with van der Waals surface area (Å²) >= 11 is 5.28. The van der Waals surface area contributed by atoms with E-state index in [0.717, 1.165) is 29.9 Å². The monoisotopic (exact) mass is 254 g/mol. The molecule has 2 rings (SSSR count). The molecule has 0 radical (unpaired) electrons. The van der Waals surface area contributed by atoms with Crippen molar-refractivity contribution in [1.29, 1.82) is 0 Å². The van der Waals surface area contributed by atoms with E-state index in [1.165, 1.54) is 0 Å². The van der Waals surface area contributed by atoms with Crippen molar-refractivity contribution in [2.45, 2.75) is 32.3 Å². The van der Waals surface area contributed by atoms with Gasteiger partial charge in [-0.1, -0.05) is 12.2 Å². The third kappa shape index (κ3) is 2.27. The highest BCUT2D eigenvalue weighted by Gasteiger charge is 2.37. The van der Waals surface area contributed by atoms with Crippen LogP contribution in [-0.4, -0.2) is 30.3 Å². The molecule has 0 bridgehead atoms. The molecule has 0 amide bonds. The van der Waals surface area contributed by atoms with E-state index >= 15 is 0 Å². The van der Waals surface area contributed by atoms with E-state index in [0.29, 0.717) is 17.9 Å². The van der Waals surface area contributed by atoms with E-state index in [4.69, 9.17) is 21.7 Å². The maximum atomic E-state index is 5.69. The van der Waals surface area contributed by atoms with Gasteiger partial charge in [-0.25, -0.2) is 4.98 Å². The van der Waals surface area contributed by atoms with Crippen LogP contribution in [0.3, 0.4) is 0 Å². The zero-order valence-corrected chi connectivity index (χ0v) is 11.3. The third-order valence-electron chi connectivity index (χ3n) is 3.53. The van der Waals surface area contributed by atoms with Gasteiger partial charge >= 0.3 is 0 Å². The van der Waals surface area contributed by atoms with Gasteiger partial charge in [-0.15, -0.1) is 0 Å². The van der Waals surface area contributed by atoms with Gasteiger partial charge in [0.2, 0.25) is 0 Å². The number of aryl methyl sites for hydroxylation is 1. The minimum atomic E-state index is -0.371. The molecule has 1 aliphatic heterocycles. The second kappa shape index (κ2) is 4.84. The van der Waals surface area contributed by atoms with Gasteiger partial charge in [-0.2, -0.15) is 0 Å². The molecule has 0 aromatic carbocycles. The lowest BCUT2D eigenvalue weighted by molar-refractivity contribution is -0.100. The Kier molecular flexibility index (Phi) is 3.61. The van der Waals surface area contributed by atoms with Gasteiger partial charge in [0.25, 0.3) is 0 Å². The molecular weight excluding hydrogens is 236 g/mol. The fraction of sp³-hybridized carbons (Fsp3) is 0.667. The zero-order chi connectivity index (χ0) is 12.5. The lowest BCUT2D eigenvalue weighted by atomic mass is 9.93. The van der Waals surface area contributed by atoms with Crippen LogP contribution in [-0.2, 0) is 15.1 Å². The summed E-state index contributed by atoms with van der Waals surface area (Å²) in [5, 5.41) is 0. The molecule has 1 N–H and O–H groups in total. The van der Waals surface area contributed by atoms with Crippen molar-refractivity contribution in [3.63, 3.8) is 0 Å². The molecule has 0 aliphatic carbocycles. The van der Waals surface area contributed by atoms with Crippen LogP contribution in [0.5, 0.6) is 0 Å². The van der Waals surface area contributed by atoms with Gasteiger partial charge in [0.1, 0.15) is 16.1 Å². The summed E-state index contributed by atoms with van der Waals surface area (Å²) in [4.78, 5) is 7.80. The Hall–Kier alpha value is -0.780. The van der Waals surface area contributed by atoms with Crippen molar-refractivity contribution in [3.05, 3.63) is 21.7 Å². The van der Waals surface area contributed by atoms with Crippen molar-refractivity contribution in [1.82, 2.24) is 9.97 Å². The summed E-state index contributed by atoms with van der Waals surface area (Å²) < 4.78 is 11.7. The molecule has 1 aromatic rings. The maximum absolute atomic E-state index is 5.69. The Morgan fingerprint density at radius 1 is 1.35 bits per heavy atom. The van der Waals surface area contributed by atoms with Crippen molar-refractivity contribution >= 4 is 12.2 Å². The van der Waals surface area contributed by atoms with Crippen LogP contribution in [0.2, 0.25) is 0 Å². The third-order valence-corrected chi connectivity index (χ3v) is 3.92. The Bertz CT molecular complexity index is 464. The highest BCUT2D eigenvalue weighted by molar-refractivity contribution is 7.71. The fourth-order valence-corrected chi connectivity index (χ4v) is 2.34. The van der Waals surface area contributed by atoms with Gasteiger partial charge < -0.3 is 14.5 Å². The number of nitrogens with one attached hydrogen (secondary N) is 1. The molecule has 0 atom stereocenters. The molecule has 17 heavy (non-hydrogen) atoms. The average molecular weight is 254 g/mol. The number of hydrogen-bond acceptors (Lipinski definition) is 4. The quantitative estimate of drug-likeness (QED) is 0.823. The summed E-state index contributed by atoms with van der Waals surface area (Å²) in [5.74, 6) is 0.830. The van der Waals surface area contributed by atoms with E-state index in [2.05, 4.69) is 9.97 Å². The van der Waals surface area contributed by atoms with Crippen molar-refractivity contribution < 1.29 is 9.47 Å². The number of rotatable bonds is 2. The molecule has 2 heterocycles. The lowest BCUT2D eigenvalue weighted by Gasteiger charge is -2.35. The van der Waals surface area contributed by atoms with Gasteiger partial charge in [0, 0.05) is 44.4 Å². The molecule has 0 spiro atoms. The van der Waals surface area contributed by atoms with E-state index in [9.17, 15) is 0 Å². The minimum absolute atomic E-state index is 0.371. The number of aromatic nitrogens is 2. The van der Waals surface area contributed by atoms with Gasteiger partial charge in [-0.3, -0.25) is 0 Å². The SMILES string of the molecule is COC1(c2nc(=S)c(C)c(C)[nH]2)CCOCC1. The molecule has 4 nitrogen and oxygen atoms in total. The highest BCUT2D eigenvalue weighted by Crippen LogP contribution is 2.33. The van der Waals surface area contributed by atoms with Crippen LogP contribution in [0.1, 0.15) is 29.9 Å². The van der Waals surface area contributed by atoms with Crippen LogP contribution in [0.25, 0.3) is 0 Å². The maximum Gasteiger partial charge on any atom is 0.140 e. The van der Waals surface area contributed by atoms with Crippen molar-refractivity contribution in [2.24, 2.45) is 0 Å². The molecule has 0 saturated carbocycles. The first-order chi connectivity index (χ1) is 8.09. The van der Waals surface area contributed by atoms with E-state index in [-0.39, 0.29) is 5.60 Å². The van der Waals surface area contributed by atoms with E-state index in [1.807, 2.05) is 13.8 Å². The van der Waals surface area contributed by atoms with Crippen molar-refractivity contribution in [2.75, 3.05) is 20.3 Å². The van der Waals surface area contributed by atoms with Crippen LogP contribution >= 0.6 is 12.2 Å². The van der Waals surface area contributed by atoms with Gasteiger partial charge in [0.15, 0.2) is 0 Å². The first-order valence-electron chi connectivity index (χ1n) is 5.80. The molecule has 1 fully saturated rings. The van der Waals surface area contributed by atoms with Crippen LogP contribution < -0.4 is 0 Å². The second-order valence-electron chi connectivity index (χ2n) is 4.45. The molecule has 1 aliphatic rings. The van der Waals surface area contributed by atoms with Crippen LogP contribution in [0, 0.1) is 18.5 Å². The molecule has 94 valence electrons. The fourth-order valence-electron chi connectivity index (χ4n) is 2.10. The summed E-state index contributed by atoms with van der Waals surface area (Å²) in [6, 6.07) is 0. The van der Waals surface area contributed by atoms with Crippen LogP contribution in [0.4, 0.5) is 0 Å². The first-order valence-corrected chi connectivity index (χ1v) is 6.21. The topological polar surface area (TPSA) is 47.1 Å². The lowest BCUT2D eigenvalue weighted by Crippen LogP contribution is -2.37. The molecule has 1 aromatic heterocycles. The molecule has 1 saturated heterocycles. The van der Waals surface area contributed by atoms with Crippen LogP contribution in [0.15, 0.2) is 0 Å². The van der Waals surface area contributed by atoms with Gasteiger partial charge in [0.05, 0.1) is 0 Å². The van der Waals surface area contributed by atoms with Crippen molar-refractivity contribution in [3.8, 4) is 0 Å². The van der Waals surface area contributed by atoms with E-state index < -0.39 is 0 Å². The smallest absolute Gasteiger partial charge is 0.140 e.